The summed E-state index contributed by atoms with van der Waals surface area (Å²) in [7, 11) is 0. The predicted molar refractivity (Wildman–Crippen MR) is 139 cm³/mol. The first-order chi connectivity index (χ1) is 17.0. The third-order valence-electron chi connectivity index (χ3n) is 4.88. The Morgan fingerprint density at radius 2 is 1.71 bits per heavy atom. The van der Waals surface area contributed by atoms with E-state index in [0.717, 1.165) is 15.7 Å². The molecule has 0 saturated heterocycles. The van der Waals surface area contributed by atoms with E-state index >= 15 is 0 Å². The van der Waals surface area contributed by atoms with Gasteiger partial charge in [0.2, 0.25) is 0 Å². The Morgan fingerprint density at radius 1 is 1.00 bits per heavy atom. The fourth-order valence-corrected chi connectivity index (χ4v) is 3.49. The standard InChI is InChI=1S/C26H22BrN5O3/c1-2-35-23-14-12-21(13-15-23)29-25(33)26(34)30-28-16-19-17-32(22-6-4-3-5-7-22)31-24(19)18-8-10-20(27)11-9-18/h3-17H,2H2,1H3,(H,29,33)(H,30,34)/b28-16-. The Kier molecular flexibility index (Phi) is 7.69. The molecule has 35 heavy (non-hydrogen) atoms. The number of hydrazone groups is 1. The zero-order valence-electron chi connectivity index (χ0n) is 18.8. The lowest BCUT2D eigenvalue weighted by Gasteiger charge is -2.06. The SMILES string of the molecule is CCOc1ccc(NC(=O)C(=O)N/N=C\c2cn(-c3ccccc3)nc2-c2ccc(Br)cc2)cc1. The van der Waals surface area contributed by atoms with Crippen molar-refractivity contribution in [2.45, 2.75) is 6.92 Å². The number of ether oxygens (including phenoxy) is 1. The number of aromatic nitrogens is 2. The van der Waals surface area contributed by atoms with Crippen molar-refractivity contribution >= 4 is 39.6 Å². The Balaban J connectivity index is 1.48. The van der Waals surface area contributed by atoms with Gasteiger partial charge in [-0.15, -0.1) is 0 Å². The highest BCUT2D eigenvalue weighted by Gasteiger charge is 2.14. The lowest BCUT2D eigenvalue weighted by atomic mass is 10.1. The maximum Gasteiger partial charge on any atom is 0.329 e. The van der Waals surface area contributed by atoms with Crippen molar-refractivity contribution in [3.63, 3.8) is 0 Å². The van der Waals surface area contributed by atoms with Crippen molar-refractivity contribution in [3.8, 4) is 22.7 Å². The molecule has 0 saturated carbocycles. The molecule has 2 N–H and O–H groups in total. The second kappa shape index (κ2) is 11.3. The number of rotatable bonds is 7. The average Bonchev–Trinajstić information content (AvgIpc) is 3.30. The van der Waals surface area contributed by atoms with E-state index in [0.29, 0.717) is 29.3 Å². The van der Waals surface area contributed by atoms with Gasteiger partial charge >= 0.3 is 11.8 Å². The van der Waals surface area contributed by atoms with Gasteiger partial charge in [-0.1, -0.05) is 46.3 Å². The summed E-state index contributed by atoms with van der Waals surface area (Å²) in [6.07, 6.45) is 3.27. The number of carbonyl (C=O) groups excluding carboxylic acids is 2. The monoisotopic (exact) mass is 531 g/mol. The molecular formula is C26H22BrN5O3. The molecule has 176 valence electrons. The fourth-order valence-electron chi connectivity index (χ4n) is 3.23. The summed E-state index contributed by atoms with van der Waals surface area (Å²) in [5.41, 5.74) is 5.85. The minimum atomic E-state index is -0.893. The van der Waals surface area contributed by atoms with Crippen LogP contribution in [0.3, 0.4) is 0 Å². The molecule has 0 atom stereocenters. The van der Waals surface area contributed by atoms with Crippen molar-refractivity contribution in [2.24, 2.45) is 5.10 Å². The Bertz CT molecular complexity index is 1330. The zero-order chi connectivity index (χ0) is 24.6. The quantitative estimate of drug-likeness (QED) is 0.203. The van der Waals surface area contributed by atoms with Crippen LogP contribution in [-0.2, 0) is 9.59 Å². The third kappa shape index (κ3) is 6.21. The number of carbonyl (C=O) groups is 2. The van der Waals surface area contributed by atoms with E-state index in [1.807, 2.05) is 67.7 Å². The van der Waals surface area contributed by atoms with E-state index in [-0.39, 0.29) is 0 Å². The van der Waals surface area contributed by atoms with E-state index < -0.39 is 11.8 Å². The van der Waals surface area contributed by atoms with Gasteiger partial charge in [0.15, 0.2) is 0 Å². The summed E-state index contributed by atoms with van der Waals surface area (Å²) < 4.78 is 8.05. The molecule has 1 heterocycles. The number of para-hydroxylation sites is 1. The number of nitrogens with zero attached hydrogens (tertiary/aromatic N) is 3. The van der Waals surface area contributed by atoms with Gasteiger partial charge in [-0.2, -0.15) is 10.2 Å². The molecule has 4 aromatic rings. The van der Waals surface area contributed by atoms with E-state index in [4.69, 9.17) is 9.84 Å². The van der Waals surface area contributed by atoms with Crippen LogP contribution in [0.15, 0.2) is 94.6 Å². The van der Waals surface area contributed by atoms with Gasteiger partial charge in [-0.3, -0.25) is 9.59 Å². The first kappa shape index (κ1) is 23.9. The molecule has 3 aromatic carbocycles. The average molecular weight is 532 g/mol. The van der Waals surface area contributed by atoms with E-state index in [9.17, 15) is 9.59 Å². The van der Waals surface area contributed by atoms with Crippen LogP contribution in [0, 0.1) is 0 Å². The van der Waals surface area contributed by atoms with E-state index in [2.05, 4.69) is 31.8 Å². The van der Waals surface area contributed by atoms with Crippen LogP contribution in [0.1, 0.15) is 12.5 Å². The lowest BCUT2D eigenvalue weighted by molar-refractivity contribution is -0.136. The van der Waals surface area contributed by atoms with E-state index in [1.165, 1.54) is 6.21 Å². The van der Waals surface area contributed by atoms with Gasteiger partial charge < -0.3 is 10.1 Å². The van der Waals surface area contributed by atoms with Crippen LogP contribution in [-0.4, -0.2) is 34.4 Å². The number of nitrogens with one attached hydrogen (secondary N) is 2. The van der Waals surface area contributed by atoms with Crippen molar-refractivity contribution < 1.29 is 14.3 Å². The maximum atomic E-state index is 12.2. The number of halogens is 1. The van der Waals surface area contributed by atoms with E-state index in [1.54, 1.807) is 28.9 Å². The number of anilines is 1. The summed E-state index contributed by atoms with van der Waals surface area (Å²) in [5, 5.41) is 11.2. The highest BCUT2D eigenvalue weighted by atomic mass is 79.9. The summed E-state index contributed by atoms with van der Waals surface area (Å²) in [6, 6.07) is 24.1. The summed E-state index contributed by atoms with van der Waals surface area (Å²) in [6.45, 7) is 2.43. The number of amides is 2. The second-order valence-electron chi connectivity index (χ2n) is 7.33. The third-order valence-corrected chi connectivity index (χ3v) is 5.41. The van der Waals surface area contributed by atoms with Crippen LogP contribution in [0.25, 0.3) is 16.9 Å². The van der Waals surface area contributed by atoms with Gasteiger partial charge in [-0.25, -0.2) is 10.1 Å². The van der Waals surface area contributed by atoms with Gasteiger partial charge in [0.05, 0.1) is 18.5 Å². The molecular weight excluding hydrogens is 510 g/mol. The molecule has 0 fully saturated rings. The minimum absolute atomic E-state index is 0.472. The maximum absolute atomic E-state index is 12.2. The lowest BCUT2D eigenvalue weighted by Crippen LogP contribution is -2.32. The van der Waals surface area contributed by atoms with Crippen molar-refractivity contribution in [1.29, 1.82) is 0 Å². The van der Waals surface area contributed by atoms with Crippen LogP contribution < -0.4 is 15.5 Å². The van der Waals surface area contributed by atoms with Crippen molar-refractivity contribution in [2.75, 3.05) is 11.9 Å². The molecule has 0 unspecified atom stereocenters. The Hall–Kier alpha value is -4.24. The Morgan fingerprint density at radius 3 is 2.40 bits per heavy atom. The molecule has 0 radical (unpaired) electrons. The summed E-state index contributed by atoms with van der Waals surface area (Å²) >= 11 is 3.44. The minimum Gasteiger partial charge on any atom is -0.494 e. The molecule has 2 amide bonds. The molecule has 0 spiro atoms. The topological polar surface area (TPSA) is 97.6 Å². The normalized spacial score (nSPS) is 10.8. The molecule has 4 rings (SSSR count). The molecule has 0 aliphatic heterocycles. The predicted octanol–water partition coefficient (Wildman–Crippen LogP) is 4.79. The smallest absolute Gasteiger partial charge is 0.329 e. The van der Waals surface area contributed by atoms with Crippen LogP contribution in [0.4, 0.5) is 5.69 Å². The van der Waals surface area contributed by atoms with Crippen molar-refractivity contribution in [1.82, 2.24) is 15.2 Å². The first-order valence-corrected chi connectivity index (χ1v) is 11.6. The summed E-state index contributed by atoms with van der Waals surface area (Å²) in [5.74, 6) is -1.05. The Labute approximate surface area is 210 Å². The van der Waals surface area contributed by atoms with Crippen LogP contribution in [0.5, 0.6) is 5.75 Å². The number of hydrogen-bond donors (Lipinski definition) is 2. The van der Waals surface area contributed by atoms with Crippen LogP contribution >= 0.6 is 15.9 Å². The number of hydrogen-bond acceptors (Lipinski definition) is 5. The van der Waals surface area contributed by atoms with Gasteiger partial charge in [0.25, 0.3) is 0 Å². The number of benzene rings is 3. The molecule has 0 aliphatic carbocycles. The highest BCUT2D eigenvalue weighted by molar-refractivity contribution is 9.10. The highest BCUT2D eigenvalue weighted by Crippen LogP contribution is 2.24. The summed E-state index contributed by atoms with van der Waals surface area (Å²) in [4.78, 5) is 24.5. The van der Waals surface area contributed by atoms with Gasteiger partial charge in [0, 0.05) is 27.5 Å². The van der Waals surface area contributed by atoms with Crippen LogP contribution in [0.2, 0.25) is 0 Å². The van der Waals surface area contributed by atoms with Gasteiger partial charge in [-0.05, 0) is 55.5 Å². The molecule has 1 aromatic heterocycles. The second-order valence-corrected chi connectivity index (χ2v) is 8.25. The largest absolute Gasteiger partial charge is 0.494 e. The van der Waals surface area contributed by atoms with Gasteiger partial charge in [0.1, 0.15) is 11.4 Å². The molecule has 9 heteroatoms. The fraction of sp³-hybridized carbons (Fsp3) is 0.0769. The molecule has 0 bridgehead atoms. The zero-order valence-corrected chi connectivity index (χ0v) is 20.4. The molecule has 0 aliphatic rings. The van der Waals surface area contributed by atoms with Crippen molar-refractivity contribution in [3.05, 3.63) is 95.1 Å². The first-order valence-electron chi connectivity index (χ1n) is 10.8. The molecule has 8 nitrogen and oxygen atoms in total.